The minimum absolute atomic E-state index is 0.0192. The molecule has 0 spiro atoms. The van der Waals surface area contributed by atoms with Gasteiger partial charge in [-0.15, -0.1) is 0 Å². The second-order valence-electron chi connectivity index (χ2n) is 8.53. The molecular formula is C24H26N4O4. The van der Waals surface area contributed by atoms with Gasteiger partial charge in [0.05, 0.1) is 17.2 Å². The van der Waals surface area contributed by atoms with Crippen molar-refractivity contribution in [2.24, 2.45) is 0 Å². The Bertz CT molecular complexity index is 1210. The van der Waals surface area contributed by atoms with E-state index in [9.17, 15) is 14.4 Å². The normalized spacial score (nSPS) is 22.6. The third-order valence-corrected chi connectivity index (χ3v) is 6.41. The summed E-state index contributed by atoms with van der Waals surface area (Å²) in [7, 11) is 0. The van der Waals surface area contributed by atoms with Crippen LogP contribution in [0.3, 0.4) is 0 Å². The summed E-state index contributed by atoms with van der Waals surface area (Å²) in [5, 5.41) is 9.29. The predicted molar refractivity (Wildman–Crippen MR) is 120 cm³/mol. The zero-order valence-electron chi connectivity index (χ0n) is 17.7. The minimum Gasteiger partial charge on any atom is -0.408 e. The van der Waals surface area contributed by atoms with Crippen LogP contribution >= 0.6 is 0 Å². The van der Waals surface area contributed by atoms with Crippen LogP contribution in [-0.2, 0) is 4.79 Å². The molecular weight excluding hydrogens is 408 g/mol. The molecule has 8 heteroatoms. The number of fused-ring (bicyclic) bond motifs is 2. The molecule has 1 aliphatic heterocycles. The van der Waals surface area contributed by atoms with Gasteiger partial charge in [0.2, 0.25) is 5.91 Å². The van der Waals surface area contributed by atoms with Crippen LogP contribution in [-0.4, -0.2) is 28.6 Å². The molecule has 1 aromatic heterocycles. The number of hydrogen-bond donors (Lipinski definition) is 3. The van der Waals surface area contributed by atoms with E-state index in [1.807, 2.05) is 36.4 Å². The number of hydrogen-bond acceptors (Lipinski definition) is 5. The Kier molecular flexibility index (Phi) is 5.43. The van der Waals surface area contributed by atoms with Crippen molar-refractivity contribution in [1.82, 2.24) is 15.2 Å². The third kappa shape index (κ3) is 4.00. The molecule has 2 aromatic carbocycles. The standard InChI is InChI=1S/C24H26N4O4/c29-22(14-13-21-26-18-6-2-1-5-17(18)23(30)27-21)25-15-9-11-16(12-10-15)28-19-7-3-4-8-20(19)32-24(28)31/h1-8,15-16,21,26H,9-14H2,(H,25,29)(H,27,30)/t15-,16-,21?. The number of rotatable bonds is 5. The first-order chi connectivity index (χ1) is 15.6. The van der Waals surface area contributed by atoms with Gasteiger partial charge in [0.25, 0.3) is 5.91 Å². The molecule has 0 bridgehead atoms. The van der Waals surface area contributed by atoms with Gasteiger partial charge in [-0.25, -0.2) is 4.79 Å². The van der Waals surface area contributed by atoms with E-state index < -0.39 is 0 Å². The van der Waals surface area contributed by atoms with Crippen molar-refractivity contribution in [2.75, 3.05) is 5.32 Å². The van der Waals surface area contributed by atoms with Crippen molar-refractivity contribution in [1.29, 1.82) is 0 Å². The fraction of sp³-hybridized carbons (Fsp3) is 0.375. The van der Waals surface area contributed by atoms with Gasteiger partial charge in [-0.05, 0) is 56.4 Å². The Morgan fingerprint density at radius 2 is 1.75 bits per heavy atom. The highest BCUT2D eigenvalue weighted by molar-refractivity contribution is 6.01. The number of carbonyl (C=O) groups excluding carboxylic acids is 2. The average molecular weight is 434 g/mol. The van der Waals surface area contributed by atoms with Crippen LogP contribution in [0, 0.1) is 0 Å². The number of carbonyl (C=O) groups is 2. The molecule has 3 aromatic rings. The van der Waals surface area contributed by atoms with E-state index in [0.29, 0.717) is 24.0 Å². The number of aromatic nitrogens is 1. The second-order valence-corrected chi connectivity index (χ2v) is 8.53. The van der Waals surface area contributed by atoms with E-state index in [-0.39, 0.29) is 35.8 Å². The van der Waals surface area contributed by atoms with Crippen LogP contribution in [0.25, 0.3) is 11.1 Å². The molecule has 5 rings (SSSR count). The summed E-state index contributed by atoms with van der Waals surface area (Å²) in [4.78, 5) is 37.0. The molecule has 2 heterocycles. The summed E-state index contributed by atoms with van der Waals surface area (Å²) in [6.45, 7) is 0. The van der Waals surface area contributed by atoms with Crippen LogP contribution in [0.4, 0.5) is 5.69 Å². The highest BCUT2D eigenvalue weighted by Gasteiger charge is 2.27. The maximum absolute atomic E-state index is 12.5. The van der Waals surface area contributed by atoms with E-state index in [4.69, 9.17) is 4.42 Å². The molecule has 8 nitrogen and oxygen atoms in total. The fourth-order valence-corrected chi connectivity index (χ4v) is 4.79. The fourth-order valence-electron chi connectivity index (χ4n) is 4.79. The Balaban J connectivity index is 1.12. The number of para-hydroxylation sites is 3. The Morgan fingerprint density at radius 3 is 2.59 bits per heavy atom. The van der Waals surface area contributed by atoms with Gasteiger partial charge in [0.1, 0.15) is 0 Å². The Morgan fingerprint density at radius 1 is 1.00 bits per heavy atom. The molecule has 166 valence electrons. The summed E-state index contributed by atoms with van der Waals surface area (Å²) in [6.07, 6.45) is 3.82. The molecule has 1 unspecified atom stereocenters. The molecule has 1 fully saturated rings. The molecule has 2 aliphatic rings. The second kappa shape index (κ2) is 8.53. The first-order valence-corrected chi connectivity index (χ1v) is 11.1. The van der Waals surface area contributed by atoms with Gasteiger partial charge < -0.3 is 20.4 Å². The first kappa shape index (κ1) is 20.4. The van der Waals surface area contributed by atoms with Crippen molar-refractivity contribution >= 4 is 28.6 Å². The molecule has 1 atom stereocenters. The first-order valence-electron chi connectivity index (χ1n) is 11.1. The van der Waals surface area contributed by atoms with Crippen molar-refractivity contribution in [3.05, 3.63) is 64.6 Å². The summed E-state index contributed by atoms with van der Waals surface area (Å²) in [6, 6.07) is 15.0. The molecule has 32 heavy (non-hydrogen) atoms. The summed E-state index contributed by atoms with van der Waals surface area (Å²) in [5.41, 5.74) is 2.85. The van der Waals surface area contributed by atoms with Crippen molar-refractivity contribution in [3.63, 3.8) is 0 Å². The maximum Gasteiger partial charge on any atom is 0.420 e. The van der Waals surface area contributed by atoms with Crippen LogP contribution < -0.4 is 21.7 Å². The number of anilines is 1. The van der Waals surface area contributed by atoms with Crippen LogP contribution in [0.5, 0.6) is 0 Å². The SMILES string of the molecule is O=C(CCC1NC(=O)c2ccccc2N1)N[C@H]1CC[C@H](n2c(=O)oc3ccccc32)CC1. The number of nitrogens with zero attached hydrogens (tertiary/aromatic N) is 1. The number of amides is 2. The van der Waals surface area contributed by atoms with Gasteiger partial charge in [-0.2, -0.15) is 0 Å². The van der Waals surface area contributed by atoms with Crippen LogP contribution in [0.2, 0.25) is 0 Å². The lowest BCUT2D eigenvalue weighted by molar-refractivity contribution is -0.122. The highest BCUT2D eigenvalue weighted by Crippen LogP contribution is 2.30. The third-order valence-electron chi connectivity index (χ3n) is 6.41. The highest BCUT2D eigenvalue weighted by atomic mass is 16.4. The van der Waals surface area contributed by atoms with E-state index in [1.54, 1.807) is 16.7 Å². The van der Waals surface area contributed by atoms with E-state index in [2.05, 4.69) is 16.0 Å². The zero-order valence-corrected chi connectivity index (χ0v) is 17.7. The molecule has 0 radical (unpaired) electrons. The van der Waals surface area contributed by atoms with Crippen LogP contribution in [0.1, 0.15) is 54.9 Å². The summed E-state index contributed by atoms with van der Waals surface area (Å²) >= 11 is 0. The van der Waals surface area contributed by atoms with Gasteiger partial charge >= 0.3 is 5.76 Å². The average Bonchev–Trinajstić information content (AvgIpc) is 3.14. The zero-order chi connectivity index (χ0) is 22.1. The van der Waals surface area contributed by atoms with E-state index in [0.717, 1.165) is 36.9 Å². The topological polar surface area (TPSA) is 105 Å². The van der Waals surface area contributed by atoms with Gasteiger partial charge in [0, 0.05) is 24.2 Å². The maximum atomic E-state index is 12.5. The molecule has 3 N–H and O–H groups in total. The number of benzene rings is 2. The minimum atomic E-state index is -0.317. The quantitative estimate of drug-likeness (QED) is 0.572. The molecule has 0 saturated heterocycles. The lowest BCUT2D eigenvalue weighted by Gasteiger charge is -2.30. The van der Waals surface area contributed by atoms with Gasteiger partial charge in [0.15, 0.2) is 5.58 Å². The van der Waals surface area contributed by atoms with Crippen molar-refractivity contribution in [3.8, 4) is 0 Å². The molecule has 2 amide bonds. The Labute approximate surface area is 185 Å². The predicted octanol–water partition coefficient (Wildman–Crippen LogP) is 3.16. The Hall–Kier alpha value is -3.55. The monoisotopic (exact) mass is 434 g/mol. The summed E-state index contributed by atoms with van der Waals surface area (Å²) < 4.78 is 7.12. The molecule has 1 saturated carbocycles. The van der Waals surface area contributed by atoms with Gasteiger partial charge in [-0.1, -0.05) is 24.3 Å². The number of nitrogens with one attached hydrogen (secondary N) is 3. The van der Waals surface area contributed by atoms with E-state index >= 15 is 0 Å². The lowest BCUT2D eigenvalue weighted by atomic mass is 9.90. The van der Waals surface area contributed by atoms with Crippen LogP contribution in [0.15, 0.2) is 57.7 Å². The number of oxazole rings is 1. The van der Waals surface area contributed by atoms with Gasteiger partial charge in [-0.3, -0.25) is 14.2 Å². The smallest absolute Gasteiger partial charge is 0.408 e. The largest absolute Gasteiger partial charge is 0.420 e. The van der Waals surface area contributed by atoms with Crippen molar-refractivity contribution < 1.29 is 14.0 Å². The molecule has 1 aliphatic carbocycles. The summed E-state index contributed by atoms with van der Waals surface area (Å²) in [5.74, 6) is -0.457. The van der Waals surface area contributed by atoms with E-state index in [1.165, 1.54) is 0 Å². The van der Waals surface area contributed by atoms with Crippen molar-refractivity contribution in [2.45, 2.75) is 56.8 Å². The lowest BCUT2D eigenvalue weighted by Crippen LogP contribution is -2.46.